The van der Waals surface area contributed by atoms with Crippen LogP contribution in [0.25, 0.3) is 0 Å². The molecule has 2 heteroatoms. The molecule has 1 heterocycles. The third-order valence-electron chi connectivity index (χ3n) is 4.60. The molecule has 17 heavy (non-hydrogen) atoms. The Hall–Kier alpha value is -0.340. The van der Waals surface area contributed by atoms with E-state index in [1.54, 1.807) is 5.57 Å². The molecule has 0 saturated carbocycles. The van der Waals surface area contributed by atoms with Crippen molar-refractivity contribution in [3.05, 3.63) is 11.6 Å². The van der Waals surface area contributed by atoms with Crippen LogP contribution in [0.3, 0.4) is 0 Å². The van der Waals surface area contributed by atoms with Crippen LogP contribution in [0.15, 0.2) is 11.6 Å². The predicted octanol–water partition coefficient (Wildman–Crippen LogP) is 2.81. The fourth-order valence-corrected chi connectivity index (χ4v) is 3.21. The number of nitrogens with one attached hydrogen (secondary N) is 1. The van der Waals surface area contributed by atoms with Crippen LogP contribution >= 0.6 is 0 Å². The summed E-state index contributed by atoms with van der Waals surface area (Å²) in [5.74, 6) is 0.786. The average molecular weight is 236 g/mol. The van der Waals surface area contributed by atoms with Gasteiger partial charge in [-0.1, -0.05) is 18.6 Å². The van der Waals surface area contributed by atoms with Gasteiger partial charge in [0.1, 0.15) is 0 Å². The molecule has 1 N–H and O–H groups in total. The van der Waals surface area contributed by atoms with Gasteiger partial charge in [0.2, 0.25) is 0 Å². The molecule has 1 fully saturated rings. The summed E-state index contributed by atoms with van der Waals surface area (Å²) < 4.78 is 0. The van der Waals surface area contributed by atoms with Crippen LogP contribution in [0.2, 0.25) is 0 Å². The molecule has 2 rings (SSSR count). The molecular weight excluding hydrogens is 208 g/mol. The van der Waals surface area contributed by atoms with Gasteiger partial charge in [-0.05, 0) is 58.5 Å². The van der Waals surface area contributed by atoms with Gasteiger partial charge in [0, 0.05) is 18.6 Å². The summed E-state index contributed by atoms with van der Waals surface area (Å²) in [6.07, 6.45) is 9.07. The van der Waals surface area contributed by atoms with Crippen LogP contribution in [0, 0.1) is 5.92 Å². The number of likely N-dealkylation sites (tertiary alicyclic amines) is 1. The normalized spacial score (nSPS) is 35.0. The zero-order valence-electron chi connectivity index (χ0n) is 11.7. The molecule has 2 aliphatic rings. The first kappa shape index (κ1) is 13.1. The minimum atomic E-state index is 0.725. The fraction of sp³-hybridized carbons (Fsp3) is 0.867. The molecule has 0 amide bonds. The Morgan fingerprint density at radius 1 is 1.41 bits per heavy atom. The Labute approximate surface area is 106 Å². The average Bonchev–Trinajstić information content (AvgIpc) is 2.78. The molecule has 3 atom stereocenters. The summed E-state index contributed by atoms with van der Waals surface area (Å²) in [5, 5.41) is 3.78. The van der Waals surface area contributed by atoms with Gasteiger partial charge in [0.25, 0.3) is 0 Å². The standard InChI is InChI=1S/C15H28N2/c1-12-11-17(3)13(2)10-15(12)16-9-8-14-6-4-5-7-14/h6,12-13,15-16H,4-5,7-11H2,1-3H3. The Morgan fingerprint density at radius 3 is 2.94 bits per heavy atom. The van der Waals surface area contributed by atoms with Crippen molar-refractivity contribution >= 4 is 0 Å². The fourth-order valence-electron chi connectivity index (χ4n) is 3.21. The number of rotatable bonds is 4. The molecular formula is C15H28N2. The second-order valence-electron chi connectivity index (χ2n) is 6.07. The highest BCUT2D eigenvalue weighted by molar-refractivity contribution is 5.07. The number of hydrogen-bond donors (Lipinski definition) is 1. The molecule has 0 bridgehead atoms. The van der Waals surface area contributed by atoms with Gasteiger partial charge in [0.05, 0.1) is 0 Å². The molecule has 3 unspecified atom stereocenters. The SMILES string of the molecule is CC1CN(C)C(C)CC1NCCC1=CCCC1. The third-order valence-corrected chi connectivity index (χ3v) is 4.60. The Kier molecular flexibility index (Phi) is 4.63. The van der Waals surface area contributed by atoms with Crippen molar-refractivity contribution in [1.82, 2.24) is 10.2 Å². The van der Waals surface area contributed by atoms with E-state index >= 15 is 0 Å². The van der Waals surface area contributed by atoms with E-state index in [1.165, 1.54) is 45.2 Å². The van der Waals surface area contributed by atoms with Crippen molar-refractivity contribution in [2.75, 3.05) is 20.1 Å². The first-order valence-corrected chi connectivity index (χ1v) is 7.28. The highest BCUT2D eigenvalue weighted by Gasteiger charge is 2.28. The van der Waals surface area contributed by atoms with Gasteiger partial charge in [-0.2, -0.15) is 0 Å². The van der Waals surface area contributed by atoms with E-state index in [-0.39, 0.29) is 0 Å². The van der Waals surface area contributed by atoms with Crippen LogP contribution in [-0.2, 0) is 0 Å². The van der Waals surface area contributed by atoms with Crippen molar-refractivity contribution in [3.63, 3.8) is 0 Å². The molecule has 0 aromatic carbocycles. The molecule has 1 aliphatic heterocycles. The maximum atomic E-state index is 3.78. The predicted molar refractivity (Wildman–Crippen MR) is 74.2 cm³/mol. The second-order valence-corrected chi connectivity index (χ2v) is 6.07. The van der Waals surface area contributed by atoms with Crippen LogP contribution in [0.4, 0.5) is 0 Å². The van der Waals surface area contributed by atoms with Gasteiger partial charge in [-0.15, -0.1) is 0 Å². The first-order chi connectivity index (χ1) is 8.16. The van der Waals surface area contributed by atoms with Crippen molar-refractivity contribution < 1.29 is 0 Å². The van der Waals surface area contributed by atoms with Gasteiger partial charge in [-0.3, -0.25) is 0 Å². The number of allylic oxidation sites excluding steroid dienone is 1. The largest absolute Gasteiger partial charge is 0.313 e. The quantitative estimate of drug-likeness (QED) is 0.755. The molecule has 0 aromatic rings. The topological polar surface area (TPSA) is 15.3 Å². The minimum Gasteiger partial charge on any atom is -0.313 e. The Morgan fingerprint density at radius 2 is 2.24 bits per heavy atom. The molecule has 2 nitrogen and oxygen atoms in total. The molecule has 0 spiro atoms. The van der Waals surface area contributed by atoms with Crippen LogP contribution in [0.5, 0.6) is 0 Å². The maximum absolute atomic E-state index is 3.78. The first-order valence-electron chi connectivity index (χ1n) is 7.28. The zero-order valence-corrected chi connectivity index (χ0v) is 11.7. The lowest BCUT2D eigenvalue weighted by Gasteiger charge is -2.40. The molecule has 1 aliphatic carbocycles. The van der Waals surface area contributed by atoms with E-state index < -0.39 is 0 Å². The summed E-state index contributed by atoms with van der Waals surface area (Å²) in [4.78, 5) is 2.49. The molecule has 98 valence electrons. The van der Waals surface area contributed by atoms with Crippen LogP contribution in [-0.4, -0.2) is 37.1 Å². The van der Waals surface area contributed by atoms with E-state index in [1.807, 2.05) is 0 Å². The lowest BCUT2D eigenvalue weighted by molar-refractivity contribution is 0.122. The number of hydrogen-bond acceptors (Lipinski definition) is 2. The van der Waals surface area contributed by atoms with Crippen molar-refractivity contribution in [1.29, 1.82) is 0 Å². The third kappa shape index (κ3) is 3.56. The number of nitrogens with zero attached hydrogens (tertiary/aromatic N) is 1. The summed E-state index contributed by atoms with van der Waals surface area (Å²) in [6, 6.07) is 1.46. The summed E-state index contributed by atoms with van der Waals surface area (Å²) in [6.45, 7) is 7.15. The summed E-state index contributed by atoms with van der Waals surface area (Å²) in [7, 11) is 2.25. The molecule has 0 aromatic heterocycles. The van der Waals surface area contributed by atoms with Crippen molar-refractivity contribution in [2.24, 2.45) is 5.92 Å². The summed E-state index contributed by atoms with van der Waals surface area (Å²) >= 11 is 0. The maximum Gasteiger partial charge on any atom is 0.0120 e. The van der Waals surface area contributed by atoms with Gasteiger partial charge in [0.15, 0.2) is 0 Å². The van der Waals surface area contributed by atoms with E-state index in [2.05, 4.69) is 37.2 Å². The van der Waals surface area contributed by atoms with Crippen LogP contribution in [0.1, 0.15) is 46.0 Å². The lowest BCUT2D eigenvalue weighted by atomic mass is 9.90. The highest BCUT2D eigenvalue weighted by Crippen LogP contribution is 2.22. The molecule has 0 radical (unpaired) electrons. The van der Waals surface area contributed by atoms with Gasteiger partial charge >= 0.3 is 0 Å². The minimum absolute atomic E-state index is 0.725. The Bertz CT molecular complexity index is 272. The second kappa shape index (κ2) is 6.01. The highest BCUT2D eigenvalue weighted by atomic mass is 15.2. The van der Waals surface area contributed by atoms with Crippen molar-refractivity contribution in [2.45, 2.75) is 58.0 Å². The van der Waals surface area contributed by atoms with E-state index in [9.17, 15) is 0 Å². The van der Waals surface area contributed by atoms with Crippen LogP contribution < -0.4 is 5.32 Å². The van der Waals surface area contributed by atoms with E-state index in [0.717, 1.165) is 18.0 Å². The zero-order chi connectivity index (χ0) is 12.3. The lowest BCUT2D eigenvalue weighted by Crippen LogP contribution is -2.51. The summed E-state index contributed by atoms with van der Waals surface area (Å²) in [5.41, 5.74) is 1.69. The van der Waals surface area contributed by atoms with E-state index in [0.29, 0.717) is 0 Å². The van der Waals surface area contributed by atoms with Gasteiger partial charge < -0.3 is 10.2 Å². The number of piperidine rings is 1. The van der Waals surface area contributed by atoms with Crippen molar-refractivity contribution in [3.8, 4) is 0 Å². The van der Waals surface area contributed by atoms with E-state index in [4.69, 9.17) is 0 Å². The Balaban J connectivity index is 1.71. The van der Waals surface area contributed by atoms with Gasteiger partial charge in [-0.25, -0.2) is 0 Å². The monoisotopic (exact) mass is 236 g/mol. The smallest absolute Gasteiger partial charge is 0.0120 e. The molecule has 1 saturated heterocycles.